The Morgan fingerprint density at radius 1 is 1.03 bits per heavy atom. The summed E-state index contributed by atoms with van der Waals surface area (Å²) in [4.78, 5) is 18.9. The zero-order valence-corrected chi connectivity index (χ0v) is 17.6. The standard InChI is InChI=1S/C24H25F3N4O/c25-24(26,27)20-6-8-21(9-7-20)29-22(32)17-30-13-10-18(11-14-30)16-31-15-12-28-23(31)19-4-2-1-3-5-19/h1-9,12,15,18H,10-11,13-14,16-17H2,(H,29,32). The normalized spacial score (nSPS) is 15.6. The van der Waals surface area contributed by atoms with E-state index in [-0.39, 0.29) is 12.5 Å². The lowest BCUT2D eigenvalue weighted by Crippen LogP contribution is -2.40. The van der Waals surface area contributed by atoms with Gasteiger partial charge in [0.25, 0.3) is 0 Å². The lowest BCUT2D eigenvalue weighted by atomic mass is 9.96. The largest absolute Gasteiger partial charge is 0.416 e. The Hall–Kier alpha value is -3.13. The fraction of sp³-hybridized carbons (Fsp3) is 0.333. The van der Waals surface area contributed by atoms with Gasteiger partial charge >= 0.3 is 6.18 Å². The number of likely N-dealkylation sites (tertiary alicyclic amines) is 1. The van der Waals surface area contributed by atoms with E-state index < -0.39 is 11.7 Å². The molecule has 8 heteroatoms. The number of nitrogens with one attached hydrogen (secondary N) is 1. The van der Waals surface area contributed by atoms with Crippen molar-refractivity contribution in [1.29, 1.82) is 0 Å². The van der Waals surface area contributed by atoms with Crippen LogP contribution >= 0.6 is 0 Å². The number of hydrogen-bond acceptors (Lipinski definition) is 3. The summed E-state index contributed by atoms with van der Waals surface area (Å²) in [5, 5.41) is 2.68. The van der Waals surface area contributed by atoms with Gasteiger partial charge in [0.1, 0.15) is 5.82 Å². The number of anilines is 1. The molecule has 1 saturated heterocycles. The van der Waals surface area contributed by atoms with Crippen LogP contribution in [0.25, 0.3) is 11.4 Å². The van der Waals surface area contributed by atoms with Crippen LogP contribution in [0.15, 0.2) is 67.0 Å². The van der Waals surface area contributed by atoms with Crippen LogP contribution in [0.4, 0.5) is 18.9 Å². The number of carbonyl (C=O) groups is 1. The van der Waals surface area contributed by atoms with Gasteiger partial charge in [-0.1, -0.05) is 30.3 Å². The first-order chi connectivity index (χ1) is 15.4. The van der Waals surface area contributed by atoms with Crippen LogP contribution in [0.3, 0.4) is 0 Å². The van der Waals surface area contributed by atoms with Gasteiger partial charge in [-0.2, -0.15) is 13.2 Å². The van der Waals surface area contributed by atoms with Crippen molar-refractivity contribution >= 4 is 11.6 Å². The third-order valence-corrected chi connectivity index (χ3v) is 5.77. The highest BCUT2D eigenvalue weighted by Crippen LogP contribution is 2.30. The summed E-state index contributed by atoms with van der Waals surface area (Å²) in [5.41, 5.74) is 0.729. The van der Waals surface area contributed by atoms with Crippen molar-refractivity contribution in [3.8, 4) is 11.4 Å². The Kier molecular flexibility index (Phi) is 6.60. The molecule has 32 heavy (non-hydrogen) atoms. The molecule has 0 atom stereocenters. The van der Waals surface area contributed by atoms with Crippen molar-refractivity contribution < 1.29 is 18.0 Å². The summed E-state index contributed by atoms with van der Waals surface area (Å²) >= 11 is 0. The Balaban J connectivity index is 1.25. The first-order valence-electron chi connectivity index (χ1n) is 10.6. The molecule has 1 N–H and O–H groups in total. The second-order valence-corrected chi connectivity index (χ2v) is 8.11. The lowest BCUT2D eigenvalue weighted by Gasteiger charge is -2.31. The van der Waals surface area contributed by atoms with E-state index in [1.807, 2.05) is 30.6 Å². The second kappa shape index (κ2) is 9.56. The highest BCUT2D eigenvalue weighted by Gasteiger charge is 2.30. The van der Waals surface area contributed by atoms with Gasteiger partial charge in [-0.15, -0.1) is 0 Å². The number of rotatable bonds is 6. The molecule has 1 amide bonds. The number of piperidine rings is 1. The molecule has 1 fully saturated rings. The molecule has 1 aliphatic rings. The molecule has 2 heterocycles. The molecule has 168 valence electrons. The van der Waals surface area contributed by atoms with Crippen molar-refractivity contribution in [2.75, 3.05) is 25.0 Å². The minimum absolute atomic E-state index is 0.218. The molecule has 5 nitrogen and oxygen atoms in total. The summed E-state index contributed by atoms with van der Waals surface area (Å²) in [5.74, 6) is 1.24. The molecule has 1 aromatic heterocycles. The number of halogens is 3. The average molecular weight is 442 g/mol. The third-order valence-electron chi connectivity index (χ3n) is 5.77. The molecule has 0 aliphatic carbocycles. The molecule has 0 bridgehead atoms. The maximum Gasteiger partial charge on any atom is 0.416 e. The topological polar surface area (TPSA) is 50.2 Å². The number of alkyl halides is 3. The highest BCUT2D eigenvalue weighted by molar-refractivity contribution is 5.92. The average Bonchev–Trinajstić information content (AvgIpc) is 3.23. The number of benzene rings is 2. The molecular formula is C24H25F3N4O. The minimum atomic E-state index is -4.38. The monoisotopic (exact) mass is 442 g/mol. The van der Waals surface area contributed by atoms with Crippen LogP contribution in [-0.2, 0) is 17.5 Å². The van der Waals surface area contributed by atoms with E-state index in [2.05, 4.69) is 31.9 Å². The van der Waals surface area contributed by atoms with Crippen molar-refractivity contribution in [1.82, 2.24) is 14.5 Å². The van der Waals surface area contributed by atoms with E-state index in [0.717, 1.165) is 56.0 Å². The second-order valence-electron chi connectivity index (χ2n) is 8.11. The Labute approximate surface area is 184 Å². The predicted octanol–water partition coefficient (Wildman–Crippen LogP) is 4.92. The summed E-state index contributed by atoms with van der Waals surface area (Å²) in [6.07, 6.45) is 1.39. The SMILES string of the molecule is O=C(CN1CCC(Cn2ccnc2-c2ccccc2)CC1)Nc1ccc(C(F)(F)F)cc1. The van der Waals surface area contributed by atoms with Crippen LogP contribution in [-0.4, -0.2) is 40.0 Å². The van der Waals surface area contributed by atoms with Crippen molar-refractivity contribution in [3.05, 3.63) is 72.6 Å². The maximum atomic E-state index is 12.7. The number of hydrogen-bond donors (Lipinski definition) is 1. The van der Waals surface area contributed by atoms with Crippen molar-refractivity contribution in [3.63, 3.8) is 0 Å². The number of amides is 1. The number of aromatic nitrogens is 2. The summed E-state index contributed by atoms with van der Waals surface area (Å²) in [6.45, 7) is 2.73. The number of carbonyl (C=O) groups excluding carboxylic acids is 1. The van der Waals surface area contributed by atoms with Gasteiger partial charge in [0, 0.05) is 30.2 Å². The van der Waals surface area contributed by atoms with Crippen LogP contribution in [0.2, 0.25) is 0 Å². The zero-order chi connectivity index (χ0) is 22.6. The van der Waals surface area contributed by atoms with Crippen molar-refractivity contribution in [2.45, 2.75) is 25.6 Å². The Morgan fingerprint density at radius 2 is 1.72 bits per heavy atom. The number of nitrogens with zero attached hydrogens (tertiary/aromatic N) is 3. The molecule has 3 aromatic rings. The molecule has 1 aliphatic heterocycles. The third kappa shape index (κ3) is 5.56. The summed E-state index contributed by atoms with van der Waals surface area (Å²) < 4.78 is 40.1. The summed E-state index contributed by atoms with van der Waals surface area (Å²) in [7, 11) is 0. The van der Waals surface area contributed by atoms with E-state index >= 15 is 0 Å². The van der Waals surface area contributed by atoms with E-state index in [4.69, 9.17) is 0 Å². The quantitative estimate of drug-likeness (QED) is 0.590. The van der Waals surface area contributed by atoms with Gasteiger partial charge in [0.05, 0.1) is 12.1 Å². The predicted molar refractivity (Wildman–Crippen MR) is 117 cm³/mol. The molecule has 2 aromatic carbocycles. The summed E-state index contributed by atoms with van der Waals surface area (Å²) in [6, 6.07) is 14.6. The highest BCUT2D eigenvalue weighted by atomic mass is 19.4. The Morgan fingerprint density at radius 3 is 2.38 bits per heavy atom. The van der Waals surface area contributed by atoms with E-state index in [1.54, 1.807) is 0 Å². The molecule has 0 spiro atoms. The van der Waals surface area contributed by atoms with Gasteiger partial charge in [-0.05, 0) is 56.1 Å². The van der Waals surface area contributed by atoms with Crippen molar-refractivity contribution in [2.24, 2.45) is 5.92 Å². The molecule has 0 radical (unpaired) electrons. The molecule has 0 saturated carbocycles. The fourth-order valence-corrected chi connectivity index (χ4v) is 4.06. The maximum absolute atomic E-state index is 12.7. The van der Waals surface area contributed by atoms with E-state index in [0.29, 0.717) is 11.6 Å². The number of imidazole rings is 1. The van der Waals surface area contributed by atoms with Gasteiger partial charge in [0.2, 0.25) is 5.91 Å². The van der Waals surface area contributed by atoms with Gasteiger partial charge in [-0.25, -0.2) is 4.98 Å². The smallest absolute Gasteiger partial charge is 0.331 e. The Bertz CT molecular complexity index is 1020. The van der Waals surface area contributed by atoms with Gasteiger partial charge < -0.3 is 9.88 Å². The molecule has 4 rings (SSSR count). The van der Waals surface area contributed by atoms with Crippen LogP contribution in [0.1, 0.15) is 18.4 Å². The van der Waals surface area contributed by atoms with Gasteiger partial charge in [0.15, 0.2) is 0 Å². The first kappa shape index (κ1) is 22.1. The minimum Gasteiger partial charge on any atom is -0.331 e. The first-order valence-corrected chi connectivity index (χ1v) is 10.6. The zero-order valence-electron chi connectivity index (χ0n) is 17.6. The van der Waals surface area contributed by atoms with E-state index in [9.17, 15) is 18.0 Å². The molecular weight excluding hydrogens is 417 g/mol. The fourth-order valence-electron chi connectivity index (χ4n) is 4.06. The van der Waals surface area contributed by atoms with Crippen LogP contribution in [0, 0.1) is 5.92 Å². The lowest BCUT2D eigenvalue weighted by molar-refractivity contribution is -0.137. The van der Waals surface area contributed by atoms with E-state index in [1.165, 1.54) is 12.1 Å². The molecule has 0 unspecified atom stereocenters. The van der Waals surface area contributed by atoms with Crippen LogP contribution in [0.5, 0.6) is 0 Å². The van der Waals surface area contributed by atoms with Gasteiger partial charge in [-0.3, -0.25) is 9.69 Å². The van der Waals surface area contributed by atoms with Crippen LogP contribution < -0.4 is 5.32 Å².